The second-order valence-electron chi connectivity index (χ2n) is 3.11. The number of carboxylic acid groups (broad SMARTS) is 2. The first-order chi connectivity index (χ1) is 7.97. The largest absolute Gasteiger partial charge is 0.548 e. The second kappa shape index (κ2) is 15.8. The topological polar surface area (TPSA) is 111 Å². The molecule has 0 aliphatic heterocycles. The molecule has 0 rings (SSSR count). The van der Waals surface area contributed by atoms with Gasteiger partial charge >= 0.3 is 0 Å². The highest BCUT2D eigenvalue weighted by Crippen LogP contribution is 1.91. The van der Waals surface area contributed by atoms with Gasteiger partial charge in [-0.1, -0.05) is 26.7 Å². The van der Waals surface area contributed by atoms with E-state index >= 15 is 0 Å². The predicted octanol–water partition coefficient (Wildman–Crippen LogP) is -0.478. The van der Waals surface area contributed by atoms with Gasteiger partial charge in [0.1, 0.15) is 0 Å². The Morgan fingerprint density at radius 3 is 1.94 bits per heavy atom. The number of carbonyl (C=O) groups excluding carboxylic acids is 2. The maximum Gasteiger partial charge on any atom is 0.252 e. The van der Waals surface area contributed by atoms with Gasteiger partial charge < -0.3 is 34.6 Å². The Bertz CT molecular complexity index is 213. The lowest BCUT2D eigenvalue weighted by molar-refractivity contribution is -0.297. The molecule has 0 heterocycles. The van der Waals surface area contributed by atoms with Gasteiger partial charge in [0.2, 0.25) is 0 Å². The number of likely N-dealkylation sites (N-methyl/N-ethyl adjacent to an activating group) is 1. The van der Waals surface area contributed by atoms with Crippen molar-refractivity contribution in [2.75, 3.05) is 20.2 Å². The summed E-state index contributed by atoms with van der Waals surface area (Å²) in [7, 11) is 1.55. The zero-order chi connectivity index (χ0) is 13.7. The Labute approximate surface area is 113 Å². The monoisotopic (exact) mass is 285 g/mol. The number of rotatable bonds is 6. The fraction of sp³-hybridized carbons (Fsp3) is 0.800. The van der Waals surface area contributed by atoms with Crippen molar-refractivity contribution in [3.63, 3.8) is 0 Å². The van der Waals surface area contributed by atoms with Gasteiger partial charge in [-0.3, -0.25) is 0 Å². The molecule has 0 amide bonds. The van der Waals surface area contributed by atoms with E-state index in [4.69, 9.17) is 0 Å². The smallest absolute Gasteiger partial charge is 0.252 e. The van der Waals surface area contributed by atoms with Crippen LogP contribution < -0.4 is 15.5 Å². The van der Waals surface area contributed by atoms with Gasteiger partial charge in [0.05, 0.1) is 12.7 Å². The van der Waals surface area contributed by atoms with E-state index in [0.717, 1.165) is 0 Å². The molecule has 0 aromatic heterocycles. The van der Waals surface area contributed by atoms with Crippen LogP contribution in [0.1, 0.15) is 26.7 Å². The van der Waals surface area contributed by atoms with Crippen LogP contribution in [0, 0.1) is 0 Å². The first-order valence-corrected chi connectivity index (χ1v) is 5.33. The lowest BCUT2D eigenvalue weighted by Gasteiger charge is -2.23. The predicted molar refractivity (Wildman–Crippen MR) is 63.4 cm³/mol. The molecule has 0 aromatic rings. The van der Waals surface area contributed by atoms with Crippen LogP contribution >= 0.6 is 12.4 Å². The molecule has 1 atom stereocenters. The van der Waals surface area contributed by atoms with Gasteiger partial charge in [-0.15, -0.1) is 12.4 Å². The molecule has 0 radical (unpaired) electrons. The highest BCUT2D eigenvalue weighted by Gasteiger charge is 2.04. The van der Waals surface area contributed by atoms with Gasteiger partial charge in [0.15, 0.2) is 0 Å². The molecule has 0 bridgehead atoms. The number of nitrogens with one attached hydrogen (secondary N) is 1. The molecule has 0 aliphatic rings. The highest BCUT2D eigenvalue weighted by atomic mass is 35.5. The third-order valence-electron chi connectivity index (χ3n) is 1.58. The molecule has 0 aromatic carbocycles. The van der Waals surface area contributed by atoms with Crippen molar-refractivity contribution in [1.82, 2.24) is 5.32 Å². The Balaban J connectivity index is -0.000000392. The second-order valence-corrected chi connectivity index (χ2v) is 3.11. The minimum absolute atomic E-state index is 0. The molecule has 7 nitrogen and oxygen atoms in total. The fourth-order valence-corrected chi connectivity index (χ4v) is 0.659. The van der Waals surface area contributed by atoms with Crippen LogP contribution in [-0.2, 0) is 9.47 Å². The van der Waals surface area contributed by atoms with Crippen LogP contribution in [0.2, 0.25) is 0 Å². The van der Waals surface area contributed by atoms with Gasteiger partial charge in [0, 0.05) is 6.54 Å². The molecule has 0 fully saturated rings. The number of halogens is 1. The number of hydrogen-bond donors (Lipinski definition) is 1. The molecule has 1 unspecified atom stereocenters. The van der Waals surface area contributed by atoms with Gasteiger partial charge in [0.25, 0.3) is 12.3 Å². The molecular formula is C10H20ClNO6-2. The molecule has 0 saturated carbocycles. The van der Waals surface area contributed by atoms with Crippen LogP contribution in [0.3, 0.4) is 0 Å². The first-order valence-electron chi connectivity index (χ1n) is 5.33. The standard InChI is InChI=1S/C6H11NO6.C4H10.ClH/c1-7-2-4(13-6(10)11)3-12-5(8)9;1-3-4-2;/h4,7H,2-3H2,1H3,(H,8,9)(H,10,11);3-4H2,1-2H3;1H/p-2. The summed E-state index contributed by atoms with van der Waals surface area (Å²) in [6.07, 6.45) is -1.75. The molecule has 1 N–H and O–H groups in total. The summed E-state index contributed by atoms with van der Waals surface area (Å²) in [4.78, 5) is 19.8. The zero-order valence-electron chi connectivity index (χ0n) is 10.8. The summed E-state index contributed by atoms with van der Waals surface area (Å²) >= 11 is 0. The summed E-state index contributed by atoms with van der Waals surface area (Å²) in [5, 5.41) is 22.4. The molecule has 110 valence electrons. The third kappa shape index (κ3) is 20.2. The van der Waals surface area contributed by atoms with Gasteiger partial charge in [-0.25, -0.2) is 0 Å². The summed E-state index contributed by atoms with van der Waals surface area (Å²) in [6, 6.07) is 0. The maximum atomic E-state index is 9.95. The van der Waals surface area contributed by atoms with E-state index in [2.05, 4.69) is 28.6 Å². The lowest BCUT2D eigenvalue weighted by atomic mass is 10.4. The van der Waals surface area contributed by atoms with Crippen molar-refractivity contribution < 1.29 is 29.3 Å². The quantitative estimate of drug-likeness (QED) is 0.656. The average Bonchev–Trinajstić information content (AvgIpc) is 2.26. The van der Waals surface area contributed by atoms with Crippen LogP contribution in [0.25, 0.3) is 0 Å². The zero-order valence-corrected chi connectivity index (χ0v) is 11.6. The number of unbranched alkanes of at least 4 members (excludes halogenated alkanes) is 1. The minimum Gasteiger partial charge on any atom is -0.548 e. The number of ether oxygens (including phenoxy) is 2. The van der Waals surface area contributed by atoms with Crippen molar-refractivity contribution in [1.29, 1.82) is 0 Å². The van der Waals surface area contributed by atoms with E-state index < -0.39 is 25.0 Å². The maximum absolute atomic E-state index is 9.95. The summed E-state index contributed by atoms with van der Waals surface area (Å²) in [5.41, 5.74) is 0. The molecule has 0 saturated heterocycles. The van der Waals surface area contributed by atoms with E-state index in [1.54, 1.807) is 7.05 Å². The third-order valence-corrected chi connectivity index (χ3v) is 1.58. The van der Waals surface area contributed by atoms with E-state index in [9.17, 15) is 19.8 Å². The van der Waals surface area contributed by atoms with E-state index in [1.807, 2.05) is 0 Å². The highest BCUT2D eigenvalue weighted by molar-refractivity contribution is 5.85. The lowest BCUT2D eigenvalue weighted by Crippen LogP contribution is -2.39. The Hall–Kier alpha value is -1.21. The van der Waals surface area contributed by atoms with Crippen molar-refractivity contribution in [3.8, 4) is 0 Å². The molecule has 0 aliphatic carbocycles. The SMILES string of the molecule is CCCC.CNCC(COC(=O)[O-])OC(=O)[O-].Cl. The van der Waals surface area contributed by atoms with Crippen molar-refractivity contribution in [2.24, 2.45) is 0 Å². The van der Waals surface area contributed by atoms with Crippen LogP contribution in [0.15, 0.2) is 0 Å². The van der Waals surface area contributed by atoms with E-state index in [0.29, 0.717) is 0 Å². The Kier molecular flexibility index (Phi) is 19.3. The van der Waals surface area contributed by atoms with Crippen LogP contribution in [0.5, 0.6) is 0 Å². The Morgan fingerprint density at radius 2 is 1.67 bits per heavy atom. The summed E-state index contributed by atoms with van der Waals surface area (Å²) < 4.78 is 8.17. The number of hydrogen-bond acceptors (Lipinski definition) is 7. The van der Waals surface area contributed by atoms with Crippen molar-refractivity contribution in [2.45, 2.75) is 32.8 Å². The van der Waals surface area contributed by atoms with Crippen LogP contribution in [-0.4, -0.2) is 38.6 Å². The number of carbonyl (C=O) groups is 2. The van der Waals surface area contributed by atoms with Gasteiger partial charge in [-0.05, 0) is 7.05 Å². The molecular weight excluding hydrogens is 266 g/mol. The molecule has 18 heavy (non-hydrogen) atoms. The van der Waals surface area contributed by atoms with Crippen molar-refractivity contribution >= 4 is 24.7 Å². The first kappa shape index (κ1) is 22.0. The summed E-state index contributed by atoms with van der Waals surface area (Å²) in [5.74, 6) is 0. The molecule has 0 spiro atoms. The normalized spacial score (nSPS) is 10.2. The fourth-order valence-electron chi connectivity index (χ4n) is 0.659. The van der Waals surface area contributed by atoms with Crippen LogP contribution in [0.4, 0.5) is 9.59 Å². The average molecular weight is 286 g/mol. The molecule has 8 heteroatoms. The Morgan fingerprint density at radius 1 is 1.17 bits per heavy atom. The van der Waals surface area contributed by atoms with Gasteiger partial charge in [-0.2, -0.15) is 0 Å². The minimum atomic E-state index is -1.73. The van der Waals surface area contributed by atoms with E-state index in [1.165, 1.54) is 12.8 Å². The van der Waals surface area contributed by atoms with E-state index in [-0.39, 0.29) is 19.0 Å². The summed E-state index contributed by atoms with van der Waals surface area (Å²) in [6.45, 7) is 4.07. The van der Waals surface area contributed by atoms with Crippen molar-refractivity contribution in [3.05, 3.63) is 0 Å².